The van der Waals surface area contributed by atoms with Crippen molar-refractivity contribution in [1.29, 1.82) is 0 Å². The van der Waals surface area contributed by atoms with Crippen molar-refractivity contribution in [2.45, 2.75) is 92.1 Å². The molecule has 20 heteroatoms. The van der Waals surface area contributed by atoms with Crippen LogP contribution in [0, 0.1) is 0 Å². The van der Waals surface area contributed by atoms with E-state index in [0.29, 0.717) is 5.56 Å². The number of ether oxygens (including phenoxy) is 6. The van der Waals surface area contributed by atoms with E-state index in [1.807, 2.05) is 0 Å². The maximum Gasteiger partial charge on any atom is 0.402 e. The van der Waals surface area contributed by atoms with Crippen LogP contribution in [0.3, 0.4) is 0 Å². The number of phenols is 3. The Kier molecular flexibility index (Phi) is 11.9. The summed E-state index contributed by atoms with van der Waals surface area (Å²) in [5, 5.41) is 134. The first kappa shape index (κ1) is 39.2. The molecule has 3 aliphatic rings. The highest BCUT2D eigenvalue weighted by molar-refractivity contribution is 5.88. The van der Waals surface area contributed by atoms with Crippen LogP contribution in [0.25, 0.3) is 22.3 Å². The zero-order chi connectivity index (χ0) is 38.3. The zero-order valence-electron chi connectivity index (χ0n) is 27.5. The SMILES string of the molecule is OCC1O[C@@H](OCC2O[C@@H](OCC3O[C@@H](Oc4cc5c(O)cc(O)cc5[o+]c4-c4ccc(O)cc4)C(O)C(O)[C@@H]3O)C(O)[C@@H](O)[C@@H]2O)C(O)[C@@H](O)[C@@H]1O. The highest BCUT2D eigenvalue weighted by Gasteiger charge is 2.50. The third-order valence-corrected chi connectivity index (χ3v) is 9.22. The average molecular weight is 758 g/mol. The first-order valence-corrected chi connectivity index (χ1v) is 16.4. The number of aromatic hydroxyl groups is 3. The van der Waals surface area contributed by atoms with E-state index in [4.69, 9.17) is 32.8 Å². The molecule has 4 heterocycles. The molecule has 0 radical (unpaired) electrons. The lowest BCUT2D eigenvalue weighted by atomic mass is 9.98. The lowest BCUT2D eigenvalue weighted by molar-refractivity contribution is -0.339. The van der Waals surface area contributed by atoms with Gasteiger partial charge in [-0.25, -0.2) is 4.42 Å². The van der Waals surface area contributed by atoms with Gasteiger partial charge in [0.2, 0.25) is 12.0 Å². The predicted octanol–water partition coefficient (Wildman–Crippen LogP) is -3.68. The second kappa shape index (κ2) is 16.0. The molecule has 15 atom stereocenters. The second-order valence-corrected chi connectivity index (χ2v) is 12.9. The van der Waals surface area contributed by atoms with Crippen LogP contribution in [0.4, 0.5) is 0 Å². The van der Waals surface area contributed by atoms with Gasteiger partial charge in [-0.15, -0.1) is 0 Å². The Hall–Kier alpha value is -3.55. The van der Waals surface area contributed by atoms with Gasteiger partial charge in [0.25, 0.3) is 0 Å². The van der Waals surface area contributed by atoms with Gasteiger partial charge in [0.15, 0.2) is 12.6 Å². The molecule has 53 heavy (non-hydrogen) atoms. The molecular weight excluding hydrogens is 716 g/mol. The maximum atomic E-state index is 10.8. The fourth-order valence-corrected chi connectivity index (χ4v) is 6.14. The first-order chi connectivity index (χ1) is 25.2. The fraction of sp³-hybridized carbons (Fsp3) is 0.545. The average Bonchev–Trinajstić information content (AvgIpc) is 3.13. The number of aliphatic hydroxyl groups is 10. The quantitative estimate of drug-likeness (QED) is 0.0886. The van der Waals surface area contributed by atoms with E-state index in [1.54, 1.807) is 0 Å². The van der Waals surface area contributed by atoms with Crippen molar-refractivity contribution in [2.75, 3.05) is 19.8 Å². The molecule has 0 amide bonds. The molecule has 3 fully saturated rings. The molecule has 292 valence electrons. The number of benzene rings is 2. The van der Waals surface area contributed by atoms with Gasteiger partial charge in [-0.2, -0.15) is 0 Å². The van der Waals surface area contributed by atoms with Crippen molar-refractivity contribution < 1.29 is 99.2 Å². The molecule has 0 spiro atoms. The third-order valence-electron chi connectivity index (χ3n) is 9.22. The fourth-order valence-electron chi connectivity index (χ4n) is 6.14. The molecule has 3 aromatic rings. The summed E-state index contributed by atoms with van der Waals surface area (Å²) in [6, 6.07) is 9.21. The molecule has 0 saturated carbocycles. The van der Waals surface area contributed by atoms with Crippen molar-refractivity contribution in [1.82, 2.24) is 0 Å². The number of rotatable bonds is 10. The minimum Gasteiger partial charge on any atom is -0.508 e. The summed E-state index contributed by atoms with van der Waals surface area (Å²) in [5.74, 6) is -0.943. The highest BCUT2D eigenvalue weighted by atomic mass is 16.7. The van der Waals surface area contributed by atoms with Crippen LogP contribution in [-0.2, 0) is 23.7 Å². The van der Waals surface area contributed by atoms with Gasteiger partial charge in [0.1, 0.15) is 95.9 Å². The van der Waals surface area contributed by atoms with Crippen LogP contribution >= 0.6 is 0 Å². The van der Waals surface area contributed by atoms with Crippen LogP contribution in [-0.4, -0.2) is 178 Å². The molecule has 20 nitrogen and oxygen atoms in total. The summed E-state index contributed by atoms with van der Waals surface area (Å²) < 4.78 is 39.5. The third kappa shape index (κ3) is 7.98. The standard InChI is InChI=1S/C33H40O20/c34-8-18-21(38)24(41)27(44)31(51-18)47-9-19-22(39)25(42)28(45)32(52-19)48-10-20-23(40)26(43)29(46)33(53-20)50-17-7-14-15(37)5-13(36)6-16(14)49-30(17)11-1-3-12(35)4-2-11/h1-7,18-29,31-34,38-46H,8-10H2,(H2-,35,36,37)/p+1/t18?,19?,20?,21-,22-,23-,24+,25+,26?,27?,28?,29?,31-,32-,33-/m1/s1. The molecule has 3 aliphatic heterocycles. The monoisotopic (exact) mass is 757 g/mol. The Morgan fingerprint density at radius 3 is 1.58 bits per heavy atom. The maximum absolute atomic E-state index is 10.8. The molecule has 6 rings (SSSR count). The van der Waals surface area contributed by atoms with E-state index in [-0.39, 0.29) is 34.0 Å². The Labute approximate surface area is 299 Å². The van der Waals surface area contributed by atoms with Gasteiger partial charge in [-0.05, 0) is 24.3 Å². The van der Waals surface area contributed by atoms with Crippen molar-refractivity contribution in [2.24, 2.45) is 0 Å². The summed E-state index contributed by atoms with van der Waals surface area (Å²) in [7, 11) is 0. The topological polar surface area (TPSA) is 330 Å². The molecular formula is C33H41O20+. The molecule has 13 N–H and O–H groups in total. The smallest absolute Gasteiger partial charge is 0.402 e. The number of phenolic OH excluding ortho intramolecular Hbond substituents is 3. The van der Waals surface area contributed by atoms with Crippen molar-refractivity contribution in [3.63, 3.8) is 0 Å². The first-order valence-electron chi connectivity index (χ1n) is 16.4. The summed E-state index contributed by atoms with van der Waals surface area (Å²) in [6.07, 6.45) is -25.6. The highest BCUT2D eigenvalue weighted by Crippen LogP contribution is 2.41. The number of fused-ring (bicyclic) bond motifs is 1. The van der Waals surface area contributed by atoms with Crippen LogP contribution in [0.1, 0.15) is 0 Å². The Balaban J connectivity index is 1.16. The predicted molar refractivity (Wildman–Crippen MR) is 171 cm³/mol. The van der Waals surface area contributed by atoms with Gasteiger partial charge in [0, 0.05) is 12.1 Å². The van der Waals surface area contributed by atoms with Crippen LogP contribution in [0.5, 0.6) is 23.0 Å². The van der Waals surface area contributed by atoms with E-state index < -0.39 is 118 Å². The molecule has 0 aliphatic carbocycles. The van der Waals surface area contributed by atoms with Gasteiger partial charge in [0.05, 0.1) is 31.5 Å². The summed E-state index contributed by atoms with van der Waals surface area (Å²) >= 11 is 0. The lowest BCUT2D eigenvalue weighted by Crippen LogP contribution is -2.63. The number of hydrogen-bond acceptors (Lipinski definition) is 19. The van der Waals surface area contributed by atoms with Crippen LogP contribution < -0.4 is 4.74 Å². The summed E-state index contributed by atoms with van der Waals surface area (Å²) in [5.41, 5.74) is 0.363. The normalized spacial score (nSPS) is 37.8. The zero-order valence-corrected chi connectivity index (χ0v) is 27.5. The Morgan fingerprint density at radius 2 is 1.04 bits per heavy atom. The summed E-state index contributed by atoms with van der Waals surface area (Å²) in [6.45, 7) is -2.04. The minimum absolute atomic E-state index is 0.0186. The molecule has 7 unspecified atom stereocenters. The van der Waals surface area contributed by atoms with Crippen molar-refractivity contribution >= 4 is 11.0 Å². The molecule has 0 bridgehead atoms. The van der Waals surface area contributed by atoms with Crippen LogP contribution in [0.15, 0.2) is 46.9 Å². The van der Waals surface area contributed by atoms with Crippen molar-refractivity contribution in [3.8, 4) is 34.3 Å². The van der Waals surface area contributed by atoms with Crippen LogP contribution in [0.2, 0.25) is 0 Å². The van der Waals surface area contributed by atoms with E-state index in [2.05, 4.69) is 0 Å². The van der Waals surface area contributed by atoms with E-state index in [1.165, 1.54) is 36.4 Å². The van der Waals surface area contributed by atoms with E-state index in [0.717, 1.165) is 6.07 Å². The van der Waals surface area contributed by atoms with E-state index >= 15 is 0 Å². The Morgan fingerprint density at radius 1 is 0.547 bits per heavy atom. The molecule has 3 saturated heterocycles. The van der Waals surface area contributed by atoms with E-state index in [9.17, 15) is 66.4 Å². The van der Waals surface area contributed by atoms with Gasteiger partial charge in [-0.1, -0.05) is 0 Å². The largest absolute Gasteiger partial charge is 0.508 e. The lowest BCUT2D eigenvalue weighted by Gasteiger charge is -2.43. The number of hydrogen-bond donors (Lipinski definition) is 13. The molecule has 2 aromatic carbocycles. The van der Waals surface area contributed by atoms with Gasteiger partial charge in [-0.3, -0.25) is 0 Å². The summed E-state index contributed by atoms with van der Waals surface area (Å²) in [4.78, 5) is 0. The minimum atomic E-state index is -1.90. The van der Waals surface area contributed by atoms with Gasteiger partial charge >= 0.3 is 11.3 Å². The Bertz CT molecular complexity index is 1690. The van der Waals surface area contributed by atoms with Crippen molar-refractivity contribution in [3.05, 3.63) is 42.5 Å². The molecule has 1 aromatic heterocycles. The second-order valence-electron chi connectivity index (χ2n) is 12.9. The number of aliphatic hydroxyl groups excluding tert-OH is 10. The van der Waals surface area contributed by atoms with Gasteiger partial charge < -0.3 is 94.8 Å².